The van der Waals surface area contributed by atoms with Crippen LogP contribution in [0.2, 0.25) is 0 Å². The summed E-state index contributed by atoms with van der Waals surface area (Å²) < 4.78 is 10.9. The molecule has 0 heterocycles. The van der Waals surface area contributed by atoms with Gasteiger partial charge in [-0.3, -0.25) is 9.59 Å². The van der Waals surface area contributed by atoms with E-state index in [0.29, 0.717) is 28.6 Å². The third-order valence-electron chi connectivity index (χ3n) is 3.67. The summed E-state index contributed by atoms with van der Waals surface area (Å²) in [5.74, 6) is -0.106. The van der Waals surface area contributed by atoms with Crippen molar-refractivity contribution in [1.29, 1.82) is 0 Å². The topological polar surface area (TPSA) is 76.7 Å². The van der Waals surface area contributed by atoms with Crippen LogP contribution in [-0.4, -0.2) is 18.9 Å². The van der Waals surface area contributed by atoms with Crippen LogP contribution in [0, 0.1) is 0 Å². The van der Waals surface area contributed by atoms with Gasteiger partial charge in [-0.1, -0.05) is 42.5 Å². The van der Waals surface area contributed by atoms with E-state index in [0.717, 1.165) is 0 Å². The van der Waals surface area contributed by atoms with Crippen LogP contribution in [0.5, 0.6) is 17.2 Å². The van der Waals surface area contributed by atoms with Crippen molar-refractivity contribution in [1.82, 2.24) is 0 Å². The maximum atomic E-state index is 12.3. The number of hydrogen-bond donors (Lipinski definition) is 2. The second kappa shape index (κ2) is 8.53. The molecule has 136 valence electrons. The van der Waals surface area contributed by atoms with Gasteiger partial charge in [-0.15, -0.1) is 0 Å². The van der Waals surface area contributed by atoms with Crippen LogP contribution < -0.4 is 20.1 Å². The van der Waals surface area contributed by atoms with Crippen molar-refractivity contribution in [2.75, 3.05) is 17.7 Å². The van der Waals surface area contributed by atoms with Gasteiger partial charge in [-0.05, 0) is 36.4 Å². The average Bonchev–Trinajstić information content (AvgIpc) is 2.70. The van der Waals surface area contributed by atoms with E-state index in [4.69, 9.17) is 9.47 Å². The van der Waals surface area contributed by atoms with Crippen molar-refractivity contribution in [3.8, 4) is 17.2 Å². The van der Waals surface area contributed by atoms with Gasteiger partial charge in [0.15, 0.2) is 5.75 Å². The van der Waals surface area contributed by atoms with Gasteiger partial charge in [0.05, 0.1) is 18.5 Å². The summed E-state index contributed by atoms with van der Waals surface area (Å²) in [5.41, 5.74) is 0.801. The minimum Gasteiger partial charge on any atom is -0.495 e. The fourth-order valence-corrected chi connectivity index (χ4v) is 2.38. The van der Waals surface area contributed by atoms with Crippen molar-refractivity contribution < 1.29 is 19.1 Å². The Morgan fingerprint density at radius 3 is 1.74 bits per heavy atom. The molecule has 6 heteroatoms. The number of methoxy groups -OCH3 is 1. The number of hydrogen-bond acceptors (Lipinski definition) is 4. The highest BCUT2D eigenvalue weighted by Gasteiger charge is 2.17. The van der Waals surface area contributed by atoms with Crippen molar-refractivity contribution in [3.05, 3.63) is 78.9 Å². The monoisotopic (exact) mass is 362 g/mol. The zero-order chi connectivity index (χ0) is 19.1. The van der Waals surface area contributed by atoms with Crippen LogP contribution in [0.25, 0.3) is 0 Å². The molecule has 27 heavy (non-hydrogen) atoms. The Bertz CT molecular complexity index is 942. The zero-order valence-electron chi connectivity index (χ0n) is 14.6. The predicted molar refractivity (Wildman–Crippen MR) is 103 cm³/mol. The summed E-state index contributed by atoms with van der Waals surface area (Å²) in [6.45, 7) is 0. The number of para-hydroxylation sites is 5. The molecule has 2 amide bonds. The van der Waals surface area contributed by atoms with Gasteiger partial charge in [-0.2, -0.15) is 0 Å². The fourth-order valence-electron chi connectivity index (χ4n) is 2.38. The highest BCUT2D eigenvalue weighted by molar-refractivity contribution is 6.43. The van der Waals surface area contributed by atoms with E-state index in [1.165, 1.54) is 7.11 Å². The Hall–Kier alpha value is -3.80. The lowest BCUT2D eigenvalue weighted by atomic mass is 10.2. The van der Waals surface area contributed by atoms with E-state index in [1.807, 2.05) is 18.2 Å². The summed E-state index contributed by atoms with van der Waals surface area (Å²) in [4.78, 5) is 24.5. The van der Waals surface area contributed by atoms with E-state index in [1.54, 1.807) is 60.7 Å². The molecule has 0 unspecified atom stereocenters. The molecule has 0 radical (unpaired) electrons. The van der Waals surface area contributed by atoms with E-state index in [2.05, 4.69) is 10.6 Å². The Labute approximate surface area is 156 Å². The molecule has 3 rings (SSSR count). The summed E-state index contributed by atoms with van der Waals surface area (Å²) in [7, 11) is 1.49. The van der Waals surface area contributed by atoms with E-state index < -0.39 is 11.8 Å². The molecule has 0 aliphatic carbocycles. The number of ether oxygens (including phenoxy) is 2. The smallest absolute Gasteiger partial charge is 0.314 e. The largest absolute Gasteiger partial charge is 0.495 e. The van der Waals surface area contributed by atoms with Crippen LogP contribution >= 0.6 is 0 Å². The Morgan fingerprint density at radius 1 is 0.667 bits per heavy atom. The maximum absolute atomic E-state index is 12.3. The van der Waals surface area contributed by atoms with Crippen LogP contribution in [-0.2, 0) is 9.59 Å². The van der Waals surface area contributed by atoms with Gasteiger partial charge in [0.2, 0.25) is 0 Å². The maximum Gasteiger partial charge on any atom is 0.314 e. The third-order valence-corrected chi connectivity index (χ3v) is 3.67. The standard InChI is InChI=1S/C21H18N2O4/c1-26-18-13-7-5-11-16(18)22-20(24)21(25)23-17-12-6-8-14-19(17)27-15-9-3-2-4-10-15/h2-14H,1H3,(H,22,24)(H,23,25). The van der Waals surface area contributed by atoms with Crippen molar-refractivity contribution >= 4 is 23.2 Å². The molecule has 6 nitrogen and oxygen atoms in total. The minimum absolute atomic E-state index is 0.390. The summed E-state index contributed by atoms with van der Waals surface area (Å²) in [6.07, 6.45) is 0. The van der Waals surface area contributed by atoms with Crippen LogP contribution in [0.3, 0.4) is 0 Å². The first-order valence-corrected chi connectivity index (χ1v) is 8.24. The minimum atomic E-state index is -0.815. The highest BCUT2D eigenvalue weighted by Crippen LogP contribution is 2.29. The number of carbonyl (C=O) groups excluding carboxylic acids is 2. The predicted octanol–water partition coefficient (Wildman–Crippen LogP) is 4.06. The van der Waals surface area contributed by atoms with Crippen LogP contribution in [0.15, 0.2) is 78.9 Å². The molecule has 0 fully saturated rings. The number of benzene rings is 3. The molecule has 0 aromatic heterocycles. The fraction of sp³-hybridized carbons (Fsp3) is 0.0476. The number of anilines is 2. The first kappa shape index (κ1) is 18.0. The number of carbonyl (C=O) groups is 2. The Balaban J connectivity index is 1.71. The second-order valence-electron chi connectivity index (χ2n) is 5.52. The lowest BCUT2D eigenvalue weighted by molar-refractivity contribution is -0.133. The molecule has 0 bridgehead atoms. The summed E-state index contributed by atoms with van der Waals surface area (Å²) >= 11 is 0. The summed E-state index contributed by atoms with van der Waals surface area (Å²) in [5, 5.41) is 5.11. The molecule has 0 aliphatic heterocycles. The molecule has 3 aromatic carbocycles. The van der Waals surface area contributed by atoms with E-state index in [9.17, 15) is 9.59 Å². The third kappa shape index (κ3) is 4.64. The van der Waals surface area contributed by atoms with Crippen LogP contribution in [0.1, 0.15) is 0 Å². The lowest BCUT2D eigenvalue weighted by Gasteiger charge is -2.13. The molecular weight excluding hydrogens is 344 g/mol. The van der Waals surface area contributed by atoms with Gasteiger partial charge in [-0.25, -0.2) is 0 Å². The molecule has 0 aliphatic rings. The molecule has 2 N–H and O–H groups in total. The van der Waals surface area contributed by atoms with Crippen molar-refractivity contribution in [2.24, 2.45) is 0 Å². The second-order valence-corrected chi connectivity index (χ2v) is 5.52. The molecule has 0 saturated heterocycles. The first-order valence-electron chi connectivity index (χ1n) is 8.24. The Kier molecular flexibility index (Phi) is 5.69. The lowest BCUT2D eigenvalue weighted by Crippen LogP contribution is -2.29. The average molecular weight is 362 g/mol. The molecule has 0 atom stereocenters. The summed E-state index contributed by atoms with van der Waals surface area (Å²) in [6, 6.07) is 22.9. The van der Waals surface area contributed by atoms with Gasteiger partial charge >= 0.3 is 11.8 Å². The normalized spacial score (nSPS) is 9.96. The van der Waals surface area contributed by atoms with Gasteiger partial charge in [0.1, 0.15) is 11.5 Å². The quantitative estimate of drug-likeness (QED) is 0.671. The highest BCUT2D eigenvalue weighted by atomic mass is 16.5. The van der Waals surface area contributed by atoms with E-state index >= 15 is 0 Å². The molecule has 3 aromatic rings. The number of amides is 2. The molecular formula is C21H18N2O4. The van der Waals surface area contributed by atoms with Crippen molar-refractivity contribution in [3.63, 3.8) is 0 Å². The van der Waals surface area contributed by atoms with Gasteiger partial charge in [0.25, 0.3) is 0 Å². The first-order chi connectivity index (χ1) is 13.2. The SMILES string of the molecule is COc1ccccc1NC(=O)C(=O)Nc1ccccc1Oc1ccccc1. The molecule has 0 saturated carbocycles. The van der Waals surface area contributed by atoms with Gasteiger partial charge < -0.3 is 20.1 Å². The van der Waals surface area contributed by atoms with Crippen molar-refractivity contribution in [2.45, 2.75) is 0 Å². The van der Waals surface area contributed by atoms with E-state index in [-0.39, 0.29) is 0 Å². The number of nitrogens with one attached hydrogen (secondary N) is 2. The Morgan fingerprint density at radius 2 is 1.15 bits per heavy atom. The zero-order valence-corrected chi connectivity index (χ0v) is 14.6. The number of rotatable bonds is 5. The van der Waals surface area contributed by atoms with Gasteiger partial charge in [0, 0.05) is 0 Å². The van der Waals surface area contributed by atoms with Crippen LogP contribution in [0.4, 0.5) is 11.4 Å². The molecule has 0 spiro atoms.